The number of Topliss-reactive ketones (excluding diaryl/α,β-unsaturated/α-hetero) is 1. The number of ketones is 1. The number of carbonyl (C=O) groups is 3. The summed E-state index contributed by atoms with van der Waals surface area (Å²) in [5.74, 6) is -1.39. The number of unbranched alkanes of at least 4 members (excludes halogenated alkanes) is 1. The fourth-order valence-electron chi connectivity index (χ4n) is 8.22. The molecule has 0 aromatic carbocycles. The largest absolute Gasteiger partial charge is 0.481 e. The zero-order chi connectivity index (χ0) is 27.7. The zero-order valence-corrected chi connectivity index (χ0v) is 22.4. The lowest BCUT2D eigenvalue weighted by Gasteiger charge is -2.60. The minimum absolute atomic E-state index is 0.0153. The lowest BCUT2D eigenvalue weighted by molar-refractivity contribution is -0.181. The van der Waals surface area contributed by atoms with Gasteiger partial charge in [0.15, 0.2) is 12.4 Å². The third kappa shape index (κ3) is 5.02. The van der Waals surface area contributed by atoms with E-state index >= 15 is 0 Å². The molecule has 10 heteroatoms. The Morgan fingerprint density at radius 3 is 2.63 bits per heavy atom. The first-order valence-corrected chi connectivity index (χ1v) is 13.9. The Labute approximate surface area is 223 Å². The fraction of sp³-hybridized carbons (Fsp3) is 0.786. The summed E-state index contributed by atoms with van der Waals surface area (Å²) in [6.07, 6.45) is 7.05. The van der Waals surface area contributed by atoms with Gasteiger partial charge in [-0.25, -0.2) is 0 Å². The van der Waals surface area contributed by atoms with Gasteiger partial charge < -0.3 is 30.6 Å². The van der Waals surface area contributed by atoms with E-state index in [0.717, 1.165) is 25.0 Å². The highest BCUT2D eigenvalue weighted by atomic mass is 16.6. The summed E-state index contributed by atoms with van der Waals surface area (Å²) in [6, 6.07) is 0. The van der Waals surface area contributed by atoms with Crippen LogP contribution in [0.15, 0.2) is 16.8 Å². The summed E-state index contributed by atoms with van der Waals surface area (Å²) in [5, 5.41) is 47.9. The minimum Gasteiger partial charge on any atom is -0.481 e. The SMILES string of the molecule is C[C@]12CCC(=NOCC(=O)NCCCCC(=O)O)C=C1CC[C@@H]1[C@@H]2[C@@H](O)C[C@@]2(C)[C@H]1CC[C@]2(O)C(=O)CO. The second-order valence-corrected chi connectivity index (χ2v) is 12.1. The van der Waals surface area contributed by atoms with Crippen LogP contribution in [0, 0.1) is 28.6 Å². The van der Waals surface area contributed by atoms with E-state index in [2.05, 4.69) is 17.4 Å². The van der Waals surface area contributed by atoms with Crippen molar-refractivity contribution in [3.05, 3.63) is 11.6 Å². The molecule has 3 saturated carbocycles. The Bertz CT molecular complexity index is 1010. The molecule has 1 amide bonds. The average Bonchev–Trinajstić information content (AvgIpc) is 3.13. The van der Waals surface area contributed by atoms with Gasteiger partial charge in [-0.1, -0.05) is 24.6 Å². The van der Waals surface area contributed by atoms with Crippen molar-refractivity contribution >= 4 is 23.4 Å². The van der Waals surface area contributed by atoms with Gasteiger partial charge in [0.05, 0.1) is 11.8 Å². The predicted octanol–water partition coefficient (Wildman–Crippen LogP) is 1.96. The van der Waals surface area contributed by atoms with Crippen LogP contribution in [0.5, 0.6) is 0 Å². The molecule has 3 fully saturated rings. The maximum absolute atomic E-state index is 12.6. The van der Waals surface area contributed by atoms with Gasteiger partial charge in [-0.05, 0) is 87.0 Å². The third-order valence-corrected chi connectivity index (χ3v) is 10.2. The molecule has 0 aromatic rings. The number of aliphatic hydroxyl groups is 3. The number of oxime groups is 1. The van der Waals surface area contributed by atoms with Crippen molar-refractivity contribution in [2.24, 2.45) is 33.7 Å². The quantitative estimate of drug-likeness (QED) is 0.210. The Hall–Kier alpha value is -2.30. The molecule has 4 rings (SSSR count). The number of nitrogens with zero attached hydrogens (tertiary/aromatic N) is 1. The highest BCUT2D eigenvalue weighted by Crippen LogP contribution is 2.67. The van der Waals surface area contributed by atoms with E-state index in [1.54, 1.807) is 0 Å². The minimum atomic E-state index is -1.59. The molecule has 38 heavy (non-hydrogen) atoms. The standard InChI is InChI=1S/C28H42N2O8/c1-26-10-8-18(30-38-16-23(34)29-12-4-3-5-24(35)36)13-17(26)6-7-19-20-9-11-28(37,22(33)15-31)27(20,2)14-21(32)25(19)26/h13,19-21,25,31-32,37H,3-12,14-16H2,1-2H3,(H,29,34)(H,35,36)/t19-,20-,21-,25+,26-,27-,28-/m0/s1. The summed E-state index contributed by atoms with van der Waals surface area (Å²) >= 11 is 0. The molecule has 0 aliphatic heterocycles. The number of aliphatic hydroxyl groups excluding tert-OH is 2. The van der Waals surface area contributed by atoms with E-state index in [1.165, 1.54) is 5.57 Å². The molecule has 212 valence electrons. The van der Waals surface area contributed by atoms with E-state index < -0.39 is 35.5 Å². The average molecular weight is 535 g/mol. The van der Waals surface area contributed by atoms with E-state index in [-0.39, 0.29) is 42.1 Å². The van der Waals surface area contributed by atoms with Crippen molar-refractivity contribution < 1.29 is 39.6 Å². The predicted molar refractivity (Wildman–Crippen MR) is 138 cm³/mol. The molecule has 7 atom stereocenters. The van der Waals surface area contributed by atoms with Crippen LogP contribution in [-0.2, 0) is 19.2 Å². The first-order chi connectivity index (χ1) is 18.0. The first-order valence-electron chi connectivity index (χ1n) is 13.9. The Kier molecular flexibility index (Phi) is 8.35. The smallest absolute Gasteiger partial charge is 0.303 e. The molecular weight excluding hydrogens is 492 g/mol. The number of hydrogen-bond acceptors (Lipinski definition) is 8. The number of rotatable bonds is 10. The number of aliphatic carboxylic acids is 1. The molecule has 0 unspecified atom stereocenters. The lowest BCUT2D eigenvalue weighted by atomic mass is 9.45. The number of hydrogen-bond donors (Lipinski definition) is 5. The van der Waals surface area contributed by atoms with E-state index in [9.17, 15) is 29.7 Å². The number of amides is 1. The van der Waals surface area contributed by atoms with Crippen LogP contribution in [0.1, 0.15) is 78.1 Å². The Balaban J connectivity index is 1.39. The zero-order valence-electron chi connectivity index (χ0n) is 22.4. The van der Waals surface area contributed by atoms with E-state index in [0.29, 0.717) is 45.1 Å². The van der Waals surface area contributed by atoms with Crippen LogP contribution < -0.4 is 5.32 Å². The van der Waals surface area contributed by atoms with Gasteiger partial charge in [0, 0.05) is 18.4 Å². The lowest BCUT2D eigenvalue weighted by Crippen LogP contribution is -2.62. The summed E-state index contributed by atoms with van der Waals surface area (Å²) in [6.45, 7) is 3.62. The van der Waals surface area contributed by atoms with Crippen molar-refractivity contribution in [1.82, 2.24) is 5.32 Å². The summed E-state index contributed by atoms with van der Waals surface area (Å²) in [5.41, 5.74) is -0.583. The number of allylic oxidation sites excluding steroid dienone is 2. The summed E-state index contributed by atoms with van der Waals surface area (Å²) in [4.78, 5) is 40.4. The molecular formula is C28H42N2O8. The highest BCUT2D eigenvalue weighted by molar-refractivity contribution is 5.96. The second-order valence-electron chi connectivity index (χ2n) is 12.1. The number of carbonyl (C=O) groups excluding carboxylic acids is 2. The third-order valence-electron chi connectivity index (χ3n) is 10.2. The van der Waals surface area contributed by atoms with Gasteiger partial charge >= 0.3 is 5.97 Å². The normalized spacial score (nSPS) is 39.0. The topological polar surface area (TPSA) is 166 Å². The monoisotopic (exact) mass is 534 g/mol. The van der Waals surface area contributed by atoms with Gasteiger partial charge in [0.1, 0.15) is 12.2 Å². The van der Waals surface area contributed by atoms with Crippen molar-refractivity contribution in [3.8, 4) is 0 Å². The molecule has 4 aliphatic carbocycles. The van der Waals surface area contributed by atoms with Crippen molar-refractivity contribution in [2.45, 2.75) is 89.8 Å². The number of fused-ring (bicyclic) bond motifs is 5. The van der Waals surface area contributed by atoms with Crippen molar-refractivity contribution in [2.75, 3.05) is 19.8 Å². The second kappa shape index (κ2) is 11.1. The molecule has 0 radical (unpaired) electrons. The summed E-state index contributed by atoms with van der Waals surface area (Å²) in [7, 11) is 0. The van der Waals surface area contributed by atoms with Crippen LogP contribution >= 0.6 is 0 Å². The highest BCUT2D eigenvalue weighted by Gasteiger charge is 2.68. The molecule has 0 saturated heterocycles. The molecule has 4 aliphatic rings. The fourth-order valence-corrected chi connectivity index (χ4v) is 8.22. The van der Waals surface area contributed by atoms with Crippen LogP contribution in [0.25, 0.3) is 0 Å². The number of carboxylic acid groups (broad SMARTS) is 1. The maximum Gasteiger partial charge on any atom is 0.303 e. The van der Waals surface area contributed by atoms with Gasteiger partial charge in [-0.15, -0.1) is 0 Å². The van der Waals surface area contributed by atoms with Crippen molar-refractivity contribution in [3.63, 3.8) is 0 Å². The van der Waals surface area contributed by atoms with Crippen molar-refractivity contribution in [1.29, 1.82) is 0 Å². The Morgan fingerprint density at radius 1 is 1.16 bits per heavy atom. The first kappa shape index (κ1) is 28.7. The molecule has 0 spiro atoms. The molecule has 0 aromatic heterocycles. The van der Waals surface area contributed by atoms with Crippen LogP contribution in [0.3, 0.4) is 0 Å². The van der Waals surface area contributed by atoms with Gasteiger partial charge in [-0.2, -0.15) is 0 Å². The van der Waals surface area contributed by atoms with E-state index in [1.807, 2.05) is 13.0 Å². The summed E-state index contributed by atoms with van der Waals surface area (Å²) < 4.78 is 0. The number of nitrogens with one attached hydrogen (secondary N) is 1. The van der Waals surface area contributed by atoms with Crippen LogP contribution in [0.2, 0.25) is 0 Å². The van der Waals surface area contributed by atoms with E-state index in [4.69, 9.17) is 9.94 Å². The van der Waals surface area contributed by atoms with Gasteiger partial charge in [0.2, 0.25) is 0 Å². The molecule has 0 bridgehead atoms. The molecule has 5 N–H and O–H groups in total. The van der Waals surface area contributed by atoms with Crippen LogP contribution in [0.4, 0.5) is 0 Å². The molecule has 0 heterocycles. The van der Waals surface area contributed by atoms with Gasteiger partial charge in [0.25, 0.3) is 5.91 Å². The number of carboxylic acids is 1. The maximum atomic E-state index is 12.6. The van der Waals surface area contributed by atoms with Gasteiger partial charge in [-0.3, -0.25) is 14.4 Å². The molecule has 10 nitrogen and oxygen atoms in total. The Morgan fingerprint density at radius 2 is 1.92 bits per heavy atom. The van der Waals surface area contributed by atoms with Crippen LogP contribution in [-0.4, -0.2) is 75.3 Å².